The number of hydrogen-bond acceptors (Lipinski definition) is 3. The molecule has 2 aromatic carbocycles. The van der Waals surface area contributed by atoms with Gasteiger partial charge in [0.25, 0.3) is 0 Å². The molecule has 130 valence electrons. The molecule has 0 aliphatic carbocycles. The van der Waals surface area contributed by atoms with Crippen molar-refractivity contribution in [3.8, 4) is 5.75 Å². The van der Waals surface area contributed by atoms with Gasteiger partial charge in [-0.1, -0.05) is 40.2 Å². The van der Waals surface area contributed by atoms with Crippen LogP contribution >= 0.6 is 15.9 Å². The van der Waals surface area contributed by atoms with E-state index in [9.17, 15) is 4.79 Å². The van der Waals surface area contributed by atoms with E-state index in [4.69, 9.17) is 9.73 Å². The molecule has 0 saturated carbocycles. The van der Waals surface area contributed by atoms with E-state index < -0.39 is 6.04 Å². The predicted octanol–water partition coefficient (Wildman–Crippen LogP) is 4.86. The second kappa shape index (κ2) is 6.92. The van der Waals surface area contributed by atoms with Crippen LogP contribution in [0.15, 0.2) is 76.3 Å². The number of aliphatic imine (C=N–C) groups is 1. The molecular weight excluding hydrogens is 392 g/mol. The van der Waals surface area contributed by atoms with Gasteiger partial charge in [-0.3, -0.25) is 9.79 Å². The molecule has 0 radical (unpaired) electrons. The van der Waals surface area contributed by atoms with E-state index >= 15 is 0 Å². The van der Waals surface area contributed by atoms with Gasteiger partial charge < -0.3 is 9.30 Å². The van der Waals surface area contributed by atoms with E-state index in [0.717, 1.165) is 21.5 Å². The number of methoxy groups -OCH3 is 1. The highest BCUT2D eigenvalue weighted by molar-refractivity contribution is 9.10. The highest BCUT2D eigenvalue weighted by atomic mass is 79.9. The predicted molar refractivity (Wildman–Crippen MR) is 105 cm³/mol. The first-order valence-corrected chi connectivity index (χ1v) is 9.10. The Balaban J connectivity index is 1.77. The largest absolute Gasteiger partial charge is 0.497 e. The fourth-order valence-electron chi connectivity index (χ4n) is 3.28. The molecule has 4 nitrogen and oxygen atoms in total. The third-order valence-electron chi connectivity index (χ3n) is 4.63. The molecule has 0 spiro atoms. The fraction of sp³-hybridized carbons (Fsp3) is 0.143. The lowest BCUT2D eigenvalue weighted by Crippen LogP contribution is -2.29. The molecule has 2 heterocycles. The molecule has 26 heavy (non-hydrogen) atoms. The molecule has 3 aromatic rings. The summed E-state index contributed by atoms with van der Waals surface area (Å²) >= 11 is 3.42. The van der Waals surface area contributed by atoms with Gasteiger partial charge in [0.05, 0.1) is 12.8 Å². The summed E-state index contributed by atoms with van der Waals surface area (Å²) in [7, 11) is 1.64. The van der Waals surface area contributed by atoms with Crippen molar-refractivity contribution in [3.63, 3.8) is 0 Å². The minimum absolute atomic E-state index is 0.0487. The van der Waals surface area contributed by atoms with Crippen LogP contribution in [0.25, 0.3) is 0 Å². The van der Waals surface area contributed by atoms with Crippen molar-refractivity contribution in [2.24, 2.45) is 4.99 Å². The normalized spacial score (nSPS) is 18.4. The molecule has 5 heteroatoms. The number of ether oxygens (including phenoxy) is 1. The van der Waals surface area contributed by atoms with Crippen LogP contribution in [0.3, 0.4) is 0 Å². The second-order valence-electron chi connectivity index (χ2n) is 6.15. The number of benzene rings is 2. The van der Waals surface area contributed by atoms with E-state index in [-0.39, 0.29) is 11.8 Å². The Kier molecular flexibility index (Phi) is 4.47. The van der Waals surface area contributed by atoms with Crippen LogP contribution in [0.1, 0.15) is 33.7 Å². The Morgan fingerprint density at radius 1 is 1.08 bits per heavy atom. The van der Waals surface area contributed by atoms with Crippen molar-refractivity contribution in [1.29, 1.82) is 0 Å². The maximum Gasteiger partial charge on any atom is 0.188 e. The number of fused-ring (bicyclic) bond motifs is 1. The van der Waals surface area contributed by atoms with Gasteiger partial charge in [-0.05, 0) is 42.0 Å². The summed E-state index contributed by atoms with van der Waals surface area (Å²) in [6, 6.07) is 18.4. The smallest absolute Gasteiger partial charge is 0.188 e. The van der Waals surface area contributed by atoms with Gasteiger partial charge in [-0.25, -0.2) is 0 Å². The van der Waals surface area contributed by atoms with Crippen molar-refractivity contribution < 1.29 is 9.53 Å². The molecule has 2 atom stereocenters. The summed E-state index contributed by atoms with van der Waals surface area (Å²) in [4.78, 5) is 18.0. The fourth-order valence-corrected chi connectivity index (χ4v) is 3.55. The molecular formula is C21H17BrN2O2. The average molecular weight is 409 g/mol. The van der Waals surface area contributed by atoms with Gasteiger partial charge in [0.2, 0.25) is 0 Å². The Bertz CT molecular complexity index is 958. The van der Waals surface area contributed by atoms with E-state index in [2.05, 4.69) is 15.9 Å². The maximum atomic E-state index is 13.3. The number of hydrogen-bond donors (Lipinski definition) is 0. The Morgan fingerprint density at radius 2 is 1.81 bits per heavy atom. The summed E-state index contributed by atoms with van der Waals surface area (Å²) in [5.74, 6) is 0.832. The molecule has 0 saturated heterocycles. The van der Waals surface area contributed by atoms with Crippen molar-refractivity contribution in [2.45, 2.75) is 12.1 Å². The molecule has 0 amide bonds. The molecule has 0 bridgehead atoms. The van der Waals surface area contributed by atoms with Crippen LogP contribution in [0.5, 0.6) is 5.75 Å². The number of Topliss-reactive ketones (excluding diaryl/α,β-unsaturated/α-hetero) is 1. The van der Waals surface area contributed by atoms with E-state index in [0.29, 0.717) is 5.56 Å². The zero-order valence-corrected chi connectivity index (χ0v) is 15.8. The van der Waals surface area contributed by atoms with E-state index in [1.54, 1.807) is 7.11 Å². The van der Waals surface area contributed by atoms with Gasteiger partial charge >= 0.3 is 0 Å². The SMILES string of the molecule is COc1ccc([C@H]2N=Cc3cccn3[C@@H]2C(=O)c2ccc(Br)cc2)cc1. The van der Waals surface area contributed by atoms with Crippen molar-refractivity contribution >= 4 is 27.9 Å². The number of carbonyl (C=O) groups excluding carboxylic acids is 1. The summed E-state index contributed by atoms with van der Waals surface area (Å²) in [5.41, 5.74) is 2.59. The number of rotatable bonds is 4. The third-order valence-corrected chi connectivity index (χ3v) is 5.16. The summed E-state index contributed by atoms with van der Waals surface area (Å²) < 4.78 is 8.19. The minimum atomic E-state index is -0.417. The van der Waals surface area contributed by atoms with Crippen LogP contribution in [0.4, 0.5) is 0 Å². The van der Waals surface area contributed by atoms with Gasteiger partial charge in [0.15, 0.2) is 5.78 Å². The first kappa shape index (κ1) is 16.8. The lowest BCUT2D eigenvalue weighted by Gasteiger charge is -2.29. The number of aromatic nitrogens is 1. The first-order valence-electron chi connectivity index (χ1n) is 8.31. The van der Waals surface area contributed by atoms with E-state index in [1.165, 1.54) is 0 Å². The monoisotopic (exact) mass is 408 g/mol. The number of halogens is 1. The topological polar surface area (TPSA) is 43.6 Å². The first-order chi connectivity index (χ1) is 12.7. The molecule has 1 aliphatic heterocycles. The van der Waals surface area contributed by atoms with Crippen LogP contribution in [-0.2, 0) is 0 Å². The number of ketones is 1. The van der Waals surface area contributed by atoms with Crippen LogP contribution in [0, 0.1) is 0 Å². The average Bonchev–Trinajstić information content (AvgIpc) is 3.16. The Morgan fingerprint density at radius 3 is 2.50 bits per heavy atom. The summed E-state index contributed by atoms with van der Waals surface area (Å²) in [5, 5.41) is 0. The molecule has 1 aliphatic rings. The third kappa shape index (κ3) is 2.99. The van der Waals surface area contributed by atoms with Gasteiger partial charge in [0, 0.05) is 22.4 Å². The summed E-state index contributed by atoms with van der Waals surface area (Å²) in [6.45, 7) is 0. The van der Waals surface area contributed by atoms with Crippen LogP contribution in [0.2, 0.25) is 0 Å². The lowest BCUT2D eigenvalue weighted by molar-refractivity contribution is 0.0905. The minimum Gasteiger partial charge on any atom is -0.497 e. The molecule has 0 unspecified atom stereocenters. The zero-order chi connectivity index (χ0) is 18.1. The van der Waals surface area contributed by atoms with Crippen LogP contribution < -0.4 is 4.74 Å². The number of nitrogens with zero attached hydrogens (tertiary/aromatic N) is 2. The lowest BCUT2D eigenvalue weighted by atomic mass is 9.91. The Labute approximate surface area is 160 Å². The van der Waals surface area contributed by atoms with Gasteiger partial charge in [0.1, 0.15) is 17.8 Å². The quantitative estimate of drug-likeness (QED) is 0.578. The zero-order valence-electron chi connectivity index (χ0n) is 14.2. The second-order valence-corrected chi connectivity index (χ2v) is 7.07. The van der Waals surface area contributed by atoms with Crippen molar-refractivity contribution in [3.05, 3.63) is 88.2 Å². The van der Waals surface area contributed by atoms with Crippen LogP contribution in [-0.4, -0.2) is 23.7 Å². The molecule has 0 fully saturated rings. The highest BCUT2D eigenvalue weighted by Gasteiger charge is 2.34. The van der Waals surface area contributed by atoms with Crippen molar-refractivity contribution in [1.82, 2.24) is 4.57 Å². The highest BCUT2D eigenvalue weighted by Crippen LogP contribution is 2.37. The summed E-state index contributed by atoms with van der Waals surface area (Å²) in [6.07, 6.45) is 3.78. The van der Waals surface area contributed by atoms with E-state index in [1.807, 2.05) is 77.6 Å². The molecule has 1 aromatic heterocycles. The number of carbonyl (C=O) groups is 1. The van der Waals surface area contributed by atoms with Gasteiger partial charge in [-0.15, -0.1) is 0 Å². The van der Waals surface area contributed by atoms with Crippen molar-refractivity contribution in [2.75, 3.05) is 7.11 Å². The standard InChI is InChI=1S/C21H17BrN2O2/c1-26-18-10-6-14(7-11-18)19-20(24-12-2-3-17(24)13-23-19)21(25)15-4-8-16(22)9-5-15/h2-13,19-20H,1H3/t19-,20+/m1/s1. The molecule has 0 N–H and O–H groups in total. The van der Waals surface area contributed by atoms with Gasteiger partial charge in [-0.2, -0.15) is 0 Å². The Hall–Kier alpha value is -2.66. The maximum absolute atomic E-state index is 13.3. The molecule has 4 rings (SSSR count).